The molecule has 0 atom stereocenters. The first kappa shape index (κ1) is 17.5. The van der Waals surface area contributed by atoms with Crippen LogP contribution in [0.4, 0.5) is 4.39 Å². The molecule has 0 amide bonds. The van der Waals surface area contributed by atoms with E-state index < -0.39 is 21.8 Å². The number of nitrogens with one attached hydrogen (secondary N) is 1. The number of carbonyl (C=O) groups excluding carboxylic acids is 1. The summed E-state index contributed by atoms with van der Waals surface area (Å²) in [6.07, 6.45) is -0.134. The van der Waals surface area contributed by atoms with E-state index in [1.165, 1.54) is 12.1 Å². The fraction of sp³-hybridized carbons (Fsp3) is 0.333. The molecule has 1 aromatic rings. The highest BCUT2D eigenvalue weighted by molar-refractivity contribution is 7.89. The van der Waals surface area contributed by atoms with Gasteiger partial charge in [-0.15, -0.1) is 0 Å². The number of thiocarbonyl (C=S) groups is 1. The number of benzene rings is 1. The molecular weight excluding hydrogens is 319 g/mol. The molecule has 0 saturated carbocycles. The number of ether oxygens (including phenoxy) is 1. The topological polar surface area (TPSA) is 98.5 Å². The summed E-state index contributed by atoms with van der Waals surface area (Å²) in [6, 6.07) is 3.48. The number of halogens is 1. The summed E-state index contributed by atoms with van der Waals surface area (Å²) in [4.78, 5) is 10.4. The maximum Gasteiger partial charge on any atom is 0.307 e. The lowest BCUT2D eigenvalue weighted by Crippen LogP contribution is -2.29. The van der Waals surface area contributed by atoms with Gasteiger partial charge in [0.1, 0.15) is 10.8 Å². The molecule has 21 heavy (non-hydrogen) atoms. The number of rotatable bonds is 7. The Morgan fingerprint density at radius 3 is 2.71 bits per heavy atom. The Morgan fingerprint density at radius 1 is 1.48 bits per heavy atom. The van der Waals surface area contributed by atoms with Gasteiger partial charge in [-0.3, -0.25) is 4.79 Å². The fourth-order valence-electron chi connectivity index (χ4n) is 1.57. The second-order valence-corrected chi connectivity index (χ2v) is 6.11. The van der Waals surface area contributed by atoms with Crippen molar-refractivity contribution in [3.8, 4) is 0 Å². The highest BCUT2D eigenvalue weighted by atomic mass is 32.2. The smallest absolute Gasteiger partial charge is 0.307 e. The molecule has 0 aliphatic heterocycles. The number of carbonyl (C=O) groups is 1. The monoisotopic (exact) mass is 334 g/mol. The third kappa shape index (κ3) is 4.73. The van der Waals surface area contributed by atoms with E-state index in [1.54, 1.807) is 6.92 Å². The molecule has 0 spiro atoms. The van der Waals surface area contributed by atoms with E-state index in [1.807, 2.05) is 0 Å². The van der Waals surface area contributed by atoms with E-state index >= 15 is 0 Å². The van der Waals surface area contributed by atoms with Gasteiger partial charge in [-0.2, -0.15) is 0 Å². The SMILES string of the molecule is CCOC(=O)CCNS(=O)(=O)c1cccc(F)c1C(N)=S. The molecule has 0 saturated heterocycles. The van der Waals surface area contributed by atoms with Gasteiger partial charge in [0.05, 0.1) is 23.5 Å². The Hall–Kier alpha value is -1.58. The fourth-order valence-corrected chi connectivity index (χ4v) is 3.10. The van der Waals surface area contributed by atoms with Crippen molar-refractivity contribution in [2.24, 2.45) is 5.73 Å². The first-order valence-corrected chi connectivity index (χ1v) is 7.92. The Bertz CT molecular complexity index is 647. The minimum atomic E-state index is -4.03. The van der Waals surface area contributed by atoms with Crippen molar-refractivity contribution >= 4 is 33.2 Å². The first-order valence-electron chi connectivity index (χ1n) is 6.03. The zero-order chi connectivity index (χ0) is 16.0. The van der Waals surface area contributed by atoms with Crippen LogP contribution >= 0.6 is 12.2 Å². The lowest BCUT2D eigenvalue weighted by atomic mass is 10.2. The predicted octanol–water partition coefficient (Wildman–Crippen LogP) is 0.691. The van der Waals surface area contributed by atoms with Gasteiger partial charge in [-0.05, 0) is 19.1 Å². The zero-order valence-corrected chi connectivity index (χ0v) is 12.9. The minimum absolute atomic E-state index is 0.134. The van der Waals surface area contributed by atoms with Gasteiger partial charge in [0.15, 0.2) is 0 Å². The van der Waals surface area contributed by atoms with Crippen LogP contribution in [0.3, 0.4) is 0 Å². The summed E-state index contributed by atoms with van der Waals surface area (Å²) in [5.41, 5.74) is 5.00. The summed E-state index contributed by atoms with van der Waals surface area (Å²) in [6.45, 7) is 1.68. The molecule has 3 N–H and O–H groups in total. The molecule has 0 aromatic heterocycles. The van der Waals surface area contributed by atoms with Crippen LogP contribution < -0.4 is 10.5 Å². The van der Waals surface area contributed by atoms with Crippen LogP contribution in [0.2, 0.25) is 0 Å². The van der Waals surface area contributed by atoms with E-state index in [9.17, 15) is 17.6 Å². The van der Waals surface area contributed by atoms with Crippen molar-refractivity contribution in [3.05, 3.63) is 29.6 Å². The largest absolute Gasteiger partial charge is 0.466 e. The van der Waals surface area contributed by atoms with Crippen molar-refractivity contribution in [2.45, 2.75) is 18.2 Å². The summed E-state index contributed by atoms with van der Waals surface area (Å²) in [5.74, 6) is -1.36. The molecule has 0 aliphatic carbocycles. The summed E-state index contributed by atoms with van der Waals surface area (Å²) in [5, 5.41) is 0. The van der Waals surface area contributed by atoms with Crippen molar-refractivity contribution in [3.63, 3.8) is 0 Å². The molecule has 9 heteroatoms. The van der Waals surface area contributed by atoms with Crippen molar-refractivity contribution < 1.29 is 22.3 Å². The molecule has 1 rings (SSSR count). The van der Waals surface area contributed by atoms with E-state index in [-0.39, 0.29) is 35.0 Å². The van der Waals surface area contributed by atoms with Crippen LogP contribution in [-0.2, 0) is 19.6 Å². The molecule has 0 bridgehead atoms. The van der Waals surface area contributed by atoms with Gasteiger partial charge in [0, 0.05) is 6.54 Å². The quantitative estimate of drug-likeness (QED) is 0.562. The lowest BCUT2D eigenvalue weighted by molar-refractivity contribution is -0.142. The number of hydrogen-bond acceptors (Lipinski definition) is 5. The predicted molar refractivity (Wildman–Crippen MR) is 78.7 cm³/mol. The van der Waals surface area contributed by atoms with Gasteiger partial charge >= 0.3 is 5.97 Å². The van der Waals surface area contributed by atoms with Crippen molar-refractivity contribution in [2.75, 3.05) is 13.2 Å². The second-order valence-electron chi connectivity index (χ2n) is 3.93. The average Bonchev–Trinajstić information content (AvgIpc) is 2.38. The van der Waals surface area contributed by atoms with Crippen LogP contribution in [0, 0.1) is 5.82 Å². The summed E-state index contributed by atoms with van der Waals surface area (Å²) in [7, 11) is -4.03. The van der Waals surface area contributed by atoms with E-state index in [0.29, 0.717) is 0 Å². The normalized spacial score (nSPS) is 11.1. The molecule has 6 nitrogen and oxygen atoms in total. The zero-order valence-electron chi connectivity index (χ0n) is 11.3. The highest BCUT2D eigenvalue weighted by Gasteiger charge is 2.22. The van der Waals surface area contributed by atoms with E-state index in [2.05, 4.69) is 21.7 Å². The minimum Gasteiger partial charge on any atom is -0.466 e. The van der Waals surface area contributed by atoms with Gasteiger partial charge in [-0.1, -0.05) is 18.3 Å². The second kappa shape index (κ2) is 7.43. The van der Waals surface area contributed by atoms with Crippen LogP contribution in [0.25, 0.3) is 0 Å². The highest BCUT2D eigenvalue weighted by Crippen LogP contribution is 2.18. The number of hydrogen-bond donors (Lipinski definition) is 2. The Morgan fingerprint density at radius 2 is 2.14 bits per heavy atom. The van der Waals surface area contributed by atoms with Gasteiger partial charge in [-0.25, -0.2) is 17.5 Å². The van der Waals surface area contributed by atoms with Crippen LogP contribution in [0.15, 0.2) is 23.1 Å². The summed E-state index contributed by atoms with van der Waals surface area (Å²) < 4.78 is 44.7. The molecule has 0 heterocycles. The summed E-state index contributed by atoms with van der Waals surface area (Å²) >= 11 is 4.67. The average molecular weight is 334 g/mol. The van der Waals surface area contributed by atoms with Gasteiger partial charge in [0.25, 0.3) is 0 Å². The third-order valence-electron chi connectivity index (χ3n) is 2.44. The molecule has 0 fully saturated rings. The van der Waals surface area contributed by atoms with E-state index in [0.717, 1.165) is 6.07 Å². The standard InChI is InChI=1S/C12H15FN2O4S2/c1-2-19-10(16)6-7-15-21(17,18)9-5-3-4-8(13)11(9)12(14)20/h3-5,15H,2,6-7H2,1H3,(H2,14,20). The van der Waals surface area contributed by atoms with Crippen LogP contribution in [0.1, 0.15) is 18.9 Å². The molecule has 0 aliphatic rings. The Kier molecular flexibility index (Phi) is 6.19. The number of sulfonamides is 1. The first-order chi connectivity index (χ1) is 9.79. The molecule has 116 valence electrons. The molecule has 0 unspecified atom stereocenters. The van der Waals surface area contributed by atoms with Gasteiger partial charge < -0.3 is 10.5 Å². The number of esters is 1. The molecule has 0 radical (unpaired) electrons. The Labute approximate surface area is 127 Å². The number of nitrogens with two attached hydrogens (primary N) is 1. The lowest BCUT2D eigenvalue weighted by Gasteiger charge is -2.11. The maximum absolute atomic E-state index is 13.6. The van der Waals surface area contributed by atoms with Gasteiger partial charge in [0.2, 0.25) is 10.0 Å². The van der Waals surface area contributed by atoms with Crippen molar-refractivity contribution in [1.29, 1.82) is 0 Å². The molecule has 1 aromatic carbocycles. The van der Waals surface area contributed by atoms with E-state index in [4.69, 9.17) is 5.73 Å². The van der Waals surface area contributed by atoms with Crippen LogP contribution in [0.5, 0.6) is 0 Å². The third-order valence-corrected chi connectivity index (χ3v) is 4.15. The molecular formula is C12H15FN2O4S2. The Balaban J connectivity index is 2.92. The maximum atomic E-state index is 13.6. The van der Waals surface area contributed by atoms with Crippen LogP contribution in [-0.4, -0.2) is 32.5 Å². The van der Waals surface area contributed by atoms with Crippen molar-refractivity contribution in [1.82, 2.24) is 4.72 Å².